The molecule has 0 saturated carbocycles. The molecule has 0 bridgehead atoms. The molecule has 0 aliphatic rings. The first-order chi connectivity index (χ1) is 9.19. The maximum atomic E-state index is 11.9. The van der Waals surface area contributed by atoms with E-state index in [9.17, 15) is 4.79 Å². The van der Waals surface area contributed by atoms with Gasteiger partial charge in [0.15, 0.2) is 0 Å². The molecule has 0 fully saturated rings. The van der Waals surface area contributed by atoms with Gasteiger partial charge in [0.25, 0.3) is 0 Å². The van der Waals surface area contributed by atoms with Gasteiger partial charge in [0.1, 0.15) is 0 Å². The molecule has 2 rings (SSSR count). The maximum absolute atomic E-state index is 11.9. The molecule has 19 heavy (non-hydrogen) atoms. The molecule has 0 radical (unpaired) electrons. The highest BCUT2D eigenvalue weighted by atomic mass is 16.5. The summed E-state index contributed by atoms with van der Waals surface area (Å²) in [7, 11) is 1.63. The van der Waals surface area contributed by atoms with E-state index in [2.05, 4.69) is 29.6 Å². The van der Waals surface area contributed by atoms with Crippen molar-refractivity contribution in [1.29, 1.82) is 0 Å². The lowest BCUT2D eigenvalue weighted by Gasteiger charge is -2.12. The molecule has 1 atom stereocenters. The standard InChI is InChI=1S/C16H19NO2/c1-12(11-19-2)17-16(18)10-13-7-8-14-5-3-4-6-15(14)9-13/h3-9,12H,10-11H2,1-2H3,(H,17,18)/t12-/m1/s1. The van der Waals surface area contributed by atoms with Crippen LogP contribution in [0, 0.1) is 0 Å². The van der Waals surface area contributed by atoms with Crippen molar-refractivity contribution in [3.63, 3.8) is 0 Å². The monoisotopic (exact) mass is 257 g/mol. The van der Waals surface area contributed by atoms with Crippen molar-refractivity contribution in [2.24, 2.45) is 0 Å². The van der Waals surface area contributed by atoms with Gasteiger partial charge in [-0.1, -0.05) is 42.5 Å². The number of carbonyl (C=O) groups is 1. The zero-order valence-electron chi connectivity index (χ0n) is 11.3. The zero-order chi connectivity index (χ0) is 13.7. The molecule has 0 spiro atoms. The Morgan fingerprint density at radius 1 is 1.21 bits per heavy atom. The molecule has 3 nitrogen and oxygen atoms in total. The first-order valence-corrected chi connectivity index (χ1v) is 6.45. The highest BCUT2D eigenvalue weighted by Crippen LogP contribution is 2.15. The molecule has 0 aliphatic heterocycles. The number of amides is 1. The fraction of sp³-hybridized carbons (Fsp3) is 0.312. The largest absolute Gasteiger partial charge is 0.383 e. The van der Waals surface area contributed by atoms with E-state index in [-0.39, 0.29) is 11.9 Å². The number of ether oxygens (including phenoxy) is 1. The third-order valence-electron chi connectivity index (χ3n) is 3.00. The molecule has 100 valence electrons. The van der Waals surface area contributed by atoms with Crippen LogP contribution in [0.2, 0.25) is 0 Å². The molecule has 0 aliphatic carbocycles. The Morgan fingerprint density at radius 2 is 1.95 bits per heavy atom. The average Bonchev–Trinajstić information content (AvgIpc) is 2.38. The molecule has 3 heteroatoms. The molecule has 1 N–H and O–H groups in total. The summed E-state index contributed by atoms with van der Waals surface area (Å²) in [5, 5.41) is 5.27. The lowest BCUT2D eigenvalue weighted by Crippen LogP contribution is -2.36. The lowest BCUT2D eigenvalue weighted by atomic mass is 10.0. The van der Waals surface area contributed by atoms with Crippen LogP contribution in [0.25, 0.3) is 10.8 Å². The highest BCUT2D eigenvalue weighted by Gasteiger charge is 2.08. The minimum Gasteiger partial charge on any atom is -0.383 e. The first-order valence-electron chi connectivity index (χ1n) is 6.45. The van der Waals surface area contributed by atoms with E-state index in [0.29, 0.717) is 13.0 Å². The van der Waals surface area contributed by atoms with Crippen LogP contribution in [0.15, 0.2) is 42.5 Å². The highest BCUT2D eigenvalue weighted by molar-refractivity contribution is 5.85. The molecule has 2 aromatic rings. The second kappa shape index (κ2) is 6.34. The fourth-order valence-electron chi connectivity index (χ4n) is 2.15. The van der Waals surface area contributed by atoms with Gasteiger partial charge in [0.2, 0.25) is 5.91 Å². The van der Waals surface area contributed by atoms with Crippen LogP contribution in [-0.2, 0) is 16.0 Å². The van der Waals surface area contributed by atoms with Crippen LogP contribution < -0.4 is 5.32 Å². The van der Waals surface area contributed by atoms with Crippen LogP contribution in [0.1, 0.15) is 12.5 Å². The predicted octanol–water partition coefficient (Wildman–Crippen LogP) is 2.53. The summed E-state index contributed by atoms with van der Waals surface area (Å²) in [6.07, 6.45) is 0.402. The van der Waals surface area contributed by atoms with Crippen molar-refractivity contribution in [3.8, 4) is 0 Å². The van der Waals surface area contributed by atoms with Crippen molar-refractivity contribution < 1.29 is 9.53 Å². The molecule has 0 saturated heterocycles. The van der Waals surface area contributed by atoms with Crippen molar-refractivity contribution in [2.75, 3.05) is 13.7 Å². The van der Waals surface area contributed by atoms with E-state index in [1.165, 1.54) is 5.39 Å². The molecule has 0 unspecified atom stereocenters. The van der Waals surface area contributed by atoms with E-state index in [0.717, 1.165) is 10.9 Å². The summed E-state index contributed by atoms with van der Waals surface area (Å²) >= 11 is 0. The predicted molar refractivity (Wildman–Crippen MR) is 77.1 cm³/mol. The summed E-state index contributed by atoms with van der Waals surface area (Å²) in [5.74, 6) is 0.0276. The van der Waals surface area contributed by atoms with E-state index in [1.807, 2.05) is 25.1 Å². The van der Waals surface area contributed by atoms with Gasteiger partial charge >= 0.3 is 0 Å². The summed E-state index contributed by atoms with van der Waals surface area (Å²) in [4.78, 5) is 11.9. The summed E-state index contributed by atoms with van der Waals surface area (Å²) in [6.45, 7) is 2.46. The van der Waals surface area contributed by atoms with Gasteiger partial charge in [-0.05, 0) is 23.3 Å². The summed E-state index contributed by atoms with van der Waals surface area (Å²) in [5.41, 5.74) is 1.03. The minimum absolute atomic E-state index is 0.0276. The van der Waals surface area contributed by atoms with Crippen molar-refractivity contribution >= 4 is 16.7 Å². The molecule has 1 amide bonds. The summed E-state index contributed by atoms with van der Waals surface area (Å²) in [6, 6.07) is 14.3. The number of fused-ring (bicyclic) bond motifs is 1. The molecule has 0 aromatic heterocycles. The topological polar surface area (TPSA) is 38.3 Å². The van der Waals surface area contributed by atoms with Crippen LogP contribution in [0.3, 0.4) is 0 Å². The number of nitrogens with one attached hydrogen (secondary N) is 1. The Kier molecular flexibility index (Phi) is 4.53. The number of hydrogen-bond donors (Lipinski definition) is 1. The minimum atomic E-state index is 0.0276. The number of methoxy groups -OCH3 is 1. The normalized spacial score (nSPS) is 12.3. The molecule has 0 heterocycles. The third-order valence-corrected chi connectivity index (χ3v) is 3.00. The van der Waals surface area contributed by atoms with Crippen LogP contribution >= 0.6 is 0 Å². The van der Waals surface area contributed by atoms with Gasteiger partial charge in [-0.2, -0.15) is 0 Å². The van der Waals surface area contributed by atoms with Crippen molar-refractivity contribution in [3.05, 3.63) is 48.0 Å². The quantitative estimate of drug-likeness (QED) is 0.894. The summed E-state index contributed by atoms with van der Waals surface area (Å²) < 4.78 is 5.00. The Balaban J connectivity index is 2.02. The number of carbonyl (C=O) groups excluding carboxylic acids is 1. The Bertz CT molecular complexity index is 565. The smallest absolute Gasteiger partial charge is 0.224 e. The molecular weight excluding hydrogens is 238 g/mol. The van der Waals surface area contributed by atoms with Gasteiger partial charge in [-0.15, -0.1) is 0 Å². The zero-order valence-corrected chi connectivity index (χ0v) is 11.3. The van der Waals surface area contributed by atoms with Gasteiger partial charge in [-0.25, -0.2) is 0 Å². The molecular formula is C16H19NO2. The second-order valence-corrected chi connectivity index (χ2v) is 4.78. The lowest BCUT2D eigenvalue weighted by molar-refractivity contribution is -0.121. The van der Waals surface area contributed by atoms with E-state index < -0.39 is 0 Å². The van der Waals surface area contributed by atoms with Crippen molar-refractivity contribution in [2.45, 2.75) is 19.4 Å². The second-order valence-electron chi connectivity index (χ2n) is 4.78. The van der Waals surface area contributed by atoms with Gasteiger partial charge in [0, 0.05) is 13.2 Å². The average molecular weight is 257 g/mol. The fourth-order valence-corrected chi connectivity index (χ4v) is 2.15. The number of hydrogen-bond acceptors (Lipinski definition) is 2. The number of rotatable bonds is 5. The Hall–Kier alpha value is -1.87. The Labute approximate surface area is 113 Å². The van der Waals surface area contributed by atoms with E-state index in [4.69, 9.17) is 4.74 Å². The van der Waals surface area contributed by atoms with Crippen LogP contribution in [-0.4, -0.2) is 25.7 Å². The number of benzene rings is 2. The van der Waals surface area contributed by atoms with E-state index >= 15 is 0 Å². The van der Waals surface area contributed by atoms with E-state index in [1.54, 1.807) is 7.11 Å². The van der Waals surface area contributed by atoms with Gasteiger partial charge in [0.05, 0.1) is 13.0 Å². The molecule has 2 aromatic carbocycles. The van der Waals surface area contributed by atoms with Crippen LogP contribution in [0.4, 0.5) is 0 Å². The van der Waals surface area contributed by atoms with Gasteiger partial charge < -0.3 is 10.1 Å². The maximum Gasteiger partial charge on any atom is 0.224 e. The van der Waals surface area contributed by atoms with Crippen LogP contribution in [0.5, 0.6) is 0 Å². The van der Waals surface area contributed by atoms with Gasteiger partial charge in [-0.3, -0.25) is 4.79 Å². The third kappa shape index (κ3) is 3.80. The first kappa shape index (κ1) is 13.6. The SMILES string of the molecule is COC[C@@H](C)NC(=O)Cc1ccc2ccccc2c1. The van der Waals surface area contributed by atoms with Crippen molar-refractivity contribution in [1.82, 2.24) is 5.32 Å². The Morgan fingerprint density at radius 3 is 2.68 bits per heavy atom.